The second-order valence-electron chi connectivity index (χ2n) is 14.1. The maximum absolute atomic E-state index is 2.84. The lowest BCUT2D eigenvalue weighted by atomic mass is 10.0. The van der Waals surface area contributed by atoms with Gasteiger partial charge >= 0.3 is 0 Å². The van der Waals surface area contributed by atoms with Crippen molar-refractivity contribution in [1.29, 1.82) is 0 Å². The first-order valence-electron chi connectivity index (χ1n) is 17.6. The lowest BCUT2D eigenvalue weighted by Crippen LogP contribution is -2.73. The fourth-order valence-electron chi connectivity index (χ4n) is 8.36. The van der Waals surface area contributed by atoms with Crippen LogP contribution in [-0.4, -0.2) is 8.07 Å². The van der Waals surface area contributed by atoms with E-state index in [2.05, 4.69) is 198 Å². The van der Waals surface area contributed by atoms with Crippen molar-refractivity contribution in [3.05, 3.63) is 220 Å². The summed E-state index contributed by atoms with van der Waals surface area (Å²) in [6.45, 7) is 9.59. The maximum atomic E-state index is 2.63. The lowest BCUT2D eigenvalue weighted by molar-refractivity contribution is 0.870. The Balaban J connectivity index is 1.50. The van der Waals surface area contributed by atoms with Gasteiger partial charge in [-0.1, -0.05) is 188 Å². The van der Waals surface area contributed by atoms with E-state index >= 15 is 0 Å². The first-order valence-corrected chi connectivity index (χ1v) is 19.6. The summed E-state index contributed by atoms with van der Waals surface area (Å²) < 4.78 is 0. The molecule has 0 heterocycles. The molecule has 0 nitrogen and oxygen atoms in total. The quantitative estimate of drug-likeness (QED) is 0.102. The molecule has 1 heteroatoms. The summed E-state index contributed by atoms with van der Waals surface area (Å²) in [6, 6.07) is 61.6. The van der Waals surface area contributed by atoms with Crippen LogP contribution in [0.5, 0.6) is 0 Å². The number of benzene rings is 6. The molecular weight excluding hydrogens is 605 g/mol. The summed E-state index contributed by atoms with van der Waals surface area (Å²) in [4.78, 5) is 0. The van der Waals surface area contributed by atoms with Gasteiger partial charge in [-0.3, -0.25) is 0 Å². The minimum Gasteiger partial charge on any atom is -0.0730 e. The molecule has 0 amide bonds. The van der Waals surface area contributed by atoms with Crippen LogP contribution in [0.3, 0.4) is 0 Å². The number of rotatable bonds is 10. The van der Waals surface area contributed by atoms with Crippen molar-refractivity contribution in [2.75, 3.05) is 0 Å². The van der Waals surface area contributed by atoms with Crippen LogP contribution in [0.25, 0.3) is 0 Å². The van der Waals surface area contributed by atoms with Gasteiger partial charge in [0, 0.05) is 5.04 Å². The normalized spacial score (nSPS) is 16.1. The van der Waals surface area contributed by atoms with Gasteiger partial charge in [-0.15, -0.1) is 0 Å². The number of hydrogen-bond acceptors (Lipinski definition) is 0. The Labute approximate surface area is 294 Å². The highest BCUT2D eigenvalue weighted by Gasteiger charge is 2.56. The molecule has 0 bridgehead atoms. The third-order valence-corrected chi connectivity index (χ3v) is 16.7. The SMILES string of the molecule is CC1=CC(C)([Si](c2cccc(Cc3ccccc3)c2)(c2cccc(Cc3ccccc3)c2)c2cccc(Cc3ccccc3)c2)C(C)=C1C. The van der Waals surface area contributed by atoms with Crippen LogP contribution in [0.15, 0.2) is 187 Å². The second-order valence-corrected chi connectivity index (χ2v) is 18.4. The van der Waals surface area contributed by atoms with Crippen LogP contribution in [0.2, 0.25) is 5.04 Å². The molecule has 1 aliphatic carbocycles. The van der Waals surface area contributed by atoms with Gasteiger partial charge in [0.1, 0.15) is 0 Å². The van der Waals surface area contributed by atoms with E-state index in [9.17, 15) is 0 Å². The highest BCUT2D eigenvalue weighted by Crippen LogP contribution is 2.53. The van der Waals surface area contributed by atoms with Crippen LogP contribution in [0.4, 0.5) is 0 Å². The minimum atomic E-state index is -2.84. The largest absolute Gasteiger partial charge is 0.161 e. The standard InChI is InChI=1S/C48H46Si/c1-36-35-48(4,38(3)37(36)2)49(45-26-14-23-42(32-45)29-39-17-8-5-9-18-39,46-27-15-24-43(33-46)30-40-19-10-6-11-20-40)47-28-16-25-44(34-47)31-41-21-12-7-13-22-41/h5-28,32-35H,29-31H2,1-4H3. The molecule has 0 aliphatic heterocycles. The Morgan fingerprint density at radius 2 is 0.735 bits per heavy atom. The first kappa shape index (κ1) is 32.6. The van der Waals surface area contributed by atoms with E-state index in [1.807, 2.05) is 0 Å². The first-order chi connectivity index (χ1) is 23.9. The Hall–Kier alpha value is -4.98. The van der Waals surface area contributed by atoms with Crippen molar-refractivity contribution in [3.8, 4) is 0 Å². The van der Waals surface area contributed by atoms with E-state index in [-0.39, 0.29) is 5.04 Å². The second kappa shape index (κ2) is 13.9. The van der Waals surface area contributed by atoms with Crippen LogP contribution in [0, 0.1) is 0 Å². The third-order valence-electron chi connectivity index (χ3n) is 11.1. The molecule has 0 aromatic heterocycles. The van der Waals surface area contributed by atoms with E-state index in [1.165, 1.54) is 65.7 Å². The molecule has 0 fully saturated rings. The van der Waals surface area contributed by atoms with Crippen molar-refractivity contribution in [1.82, 2.24) is 0 Å². The molecule has 0 spiro atoms. The van der Waals surface area contributed by atoms with Crippen molar-refractivity contribution < 1.29 is 0 Å². The zero-order valence-corrected chi connectivity index (χ0v) is 30.3. The zero-order chi connectivity index (χ0) is 33.8. The summed E-state index contributed by atoms with van der Waals surface area (Å²) in [5.41, 5.74) is 12.4. The fourth-order valence-corrected chi connectivity index (χ4v) is 14.6. The van der Waals surface area contributed by atoms with E-state index in [4.69, 9.17) is 0 Å². The highest BCUT2D eigenvalue weighted by atomic mass is 28.3. The lowest BCUT2D eigenvalue weighted by Gasteiger charge is -2.47. The van der Waals surface area contributed by atoms with Crippen LogP contribution >= 0.6 is 0 Å². The van der Waals surface area contributed by atoms with Gasteiger partial charge in [-0.05, 0) is 94.5 Å². The zero-order valence-electron chi connectivity index (χ0n) is 29.3. The van der Waals surface area contributed by atoms with Crippen molar-refractivity contribution in [3.63, 3.8) is 0 Å². The predicted molar refractivity (Wildman–Crippen MR) is 212 cm³/mol. The third kappa shape index (κ3) is 6.32. The topological polar surface area (TPSA) is 0 Å². The molecule has 1 atom stereocenters. The van der Waals surface area contributed by atoms with Crippen LogP contribution in [0.1, 0.15) is 61.1 Å². The van der Waals surface area contributed by atoms with E-state index in [1.54, 1.807) is 0 Å². The molecule has 0 saturated heterocycles. The van der Waals surface area contributed by atoms with Gasteiger partial charge in [0.15, 0.2) is 8.07 Å². The van der Waals surface area contributed by atoms with Crippen molar-refractivity contribution in [2.45, 2.75) is 52.0 Å². The summed E-state index contributed by atoms with van der Waals surface area (Å²) in [5.74, 6) is 0. The predicted octanol–water partition coefficient (Wildman–Crippen LogP) is 9.99. The molecule has 0 radical (unpaired) electrons. The number of allylic oxidation sites excluding steroid dienone is 4. The van der Waals surface area contributed by atoms with Gasteiger partial charge in [-0.2, -0.15) is 0 Å². The van der Waals surface area contributed by atoms with Gasteiger partial charge in [0.25, 0.3) is 0 Å². The van der Waals surface area contributed by atoms with Gasteiger partial charge in [0.2, 0.25) is 0 Å². The van der Waals surface area contributed by atoms with Crippen LogP contribution in [-0.2, 0) is 19.3 Å². The molecule has 0 N–H and O–H groups in total. The average Bonchev–Trinajstić information content (AvgIpc) is 3.33. The molecule has 1 aliphatic rings. The minimum absolute atomic E-state index is 0.177. The summed E-state index contributed by atoms with van der Waals surface area (Å²) in [5, 5.41) is 4.23. The molecule has 6 aromatic carbocycles. The van der Waals surface area contributed by atoms with Gasteiger partial charge in [0.05, 0.1) is 0 Å². The monoisotopic (exact) mass is 650 g/mol. The summed E-state index contributed by atoms with van der Waals surface area (Å²) in [6.07, 6.45) is 5.38. The maximum Gasteiger partial charge on any atom is 0.161 e. The smallest absolute Gasteiger partial charge is 0.0730 e. The molecule has 49 heavy (non-hydrogen) atoms. The Kier molecular flexibility index (Phi) is 9.21. The van der Waals surface area contributed by atoms with Crippen molar-refractivity contribution >= 4 is 23.6 Å². The molecule has 6 aromatic rings. The fraction of sp³-hybridized carbons (Fsp3) is 0.167. The van der Waals surface area contributed by atoms with Crippen LogP contribution < -0.4 is 15.6 Å². The van der Waals surface area contributed by atoms with Crippen molar-refractivity contribution in [2.24, 2.45) is 0 Å². The van der Waals surface area contributed by atoms with Gasteiger partial charge in [-0.25, -0.2) is 0 Å². The molecule has 7 rings (SSSR count). The Morgan fingerprint density at radius 3 is 1.04 bits per heavy atom. The molecule has 1 unspecified atom stereocenters. The molecular formula is C48H46Si. The van der Waals surface area contributed by atoms with Gasteiger partial charge < -0.3 is 0 Å². The summed E-state index contributed by atoms with van der Waals surface area (Å²) in [7, 11) is -2.84. The Bertz CT molecular complexity index is 1920. The van der Waals surface area contributed by atoms with E-state index in [0.29, 0.717) is 0 Å². The molecule has 0 saturated carbocycles. The highest BCUT2D eigenvalue weighted by molar-refractivity contribution is 7.14. The van der Waals surface area contributed by atoms with E-state index in [0.717, 1.165) is 19.3 Å². The van der Waals surface area contributed by atoms with E-state index < -0.39 is 8.07 Å². The molecule has 242 valence electrons. The number of hydrogen-bond donors (Lipinski definition) is 0. The summed E-state index contributed by atoms with van der Waals surface area (Å²) >= 11 is 0. The Morgan fingerprint density at radius 1 is 0.408 bits per heavy atom. The average molecular weight is 651 g/mol.